The van der Waals surface area contributed by atoms with Crippen LogP contribution in [0.3, 0.4) is 0 Å². The number of rotatable bonds is 8. The van der Waals surface area contributed by atoms with Crippen LogP contribution >= 0.6 is 0 Å². The van der Waals surface area contributed by atoms with Crippen molar-refractivity contribution in [3.05, 3.63) is 30.3 Å². The highest BCUT2D eigenvalue weighted by Crippen LogP contribution is 2.33. The Kier molecular flexibility index (Phi) is 8.15. The third-order valence-electron chi connectivity index (χ3n) is 7.08. The van der Waals surface area contributed by atoms with E-state index >= 15 is 0 Å². The van der Waals surface area contributed by atoms with Crippen LogP contribution in [0.2, 0.25) is 0 Å². The molecule has 186 valence electrons. The normalized spacial score (nSPS) is 25.9. The lowest BCUT2D eigenvalue weighted by Crippen LogP contribution is -2.60. The number of piperidine rings is 1. The number of carbonyl (C=O) groups is 3. The Morgan fingerprint density at radius 2 is 1.82 bits per heavy atom. The Bertz CT molecular complexity index is 860. The van der Waals surface area contributed by atoms with Gasteiger partial charge >= 0.3 is 0 Å². The number of likely N-dealkylation sites (N-methyl/N-ethyl adjacent to an activating group) is 1. The van der Waals surface area contributed by atoms with Crippen molar-refractivity contribution in [3.63, 3.8) is 0 Å². The molecule has 0 spiro atoms. The van der Waals surface area contributed by atoms with Crippen molar-refractivity contribution in [3.8, 4) is 0 Å². The summed E-state index contributed by atoms with van der Waals surface area (Å²) in [7, 11) is 3.32. The van der Waals surface area contributed by atoms with Crippen molar-refractivity contribution >= 4 is 23.4 Å². The second-order valence-electron chi connectivity index (χ2n) is 9.26. The number of piperazine rings is 1. The van der Waals surface area contributed by atoms with Gasteiger partial charge in [-0.05, 0) is 18.6 Å². The minimum atomic E-state index is -0.315. The van der Waals surface area contributed by atoms with Gasteiger partial charge in [-0.15, -0.1) is 0 Å². The van der Waals surface area contributed by atoms with Gasteiger partial charge in [0.25, 0.3) is 0 Å². The summed E-state index contributed by atoms with van der Waals surface area (Å²) in [5.74, 6) is -0.511. The number of amides is 3. The predicted octanol–water partition coefficient (Wildman–Crippen LogP) is -0.619. The van der Waals surface area contributed by atoms with Crippen LogP contribution in [0.4, 0.5) is 5.69 Å². The topological polar surface area (TPSA) is 97.5 Å². The SMILES string of the molecule is CNC(=O)CN1CCN(C(=O)C2CN(CCCOC)CC3C(=O)N(c4ccccc4)NC23)CC1. The third kappa shape index (κ3) is 5.41. The molecule has 3 fully saturated rings. The molecule has 10 heteroatoms. The zero-order chi connectivity index (χ0) is 24.1. The quantitative estimate of drug-likeness (QED) is 0.487. The molecule has 3 atom stereocenters. The van der Waals surface area contributed by atoms with Crippen molar-refractivity contribution in [2.75, 3.05) is 78.1 Å². The molecule has 3 unspecified atom stereocenters. The first kappa shape index (κ1) is 24.6. The Morgan fingerprint density at radius 3 is 2.50 bits per heavy atom. The third-order valence-corrected chi connectivity index (χ3v) is 7.08. The molecule has 3 amide bonds. The monoisotopic (exact) mass is 472 g/mol. The standard InChI is InChI=1S/C24H36N6O4/c1-25-21(31)17-27-10-12-29(13-11-27)23(32)19-15-28(9-6-14-34-2)16-20-22(19)26-30(24(20)33)18-7-4-3-5-8-18/h3-5,7-8,19-20,22,26H,6,9-17H2,1-2H3,(H,25,31). The Morgan fingerprint density at radius 1 is 1.09 bits per heavy atom. The van der Waals surface area contributed by atoms with Crippen LogP contribution in [0.1, 0.15) is 6.42 Å². The maximum atomic E-state index is 13.7. The zero-order valence-corrected chi connectivity index (χ0v) is 20.1. The Labute approximate surface area is 201 Å². The van der Waals surface area contributed by atoms with Crippen LogP contribution in [-0.4, -0.2) is 112 Å². The number of ether oxygens (including phenoxy) is 1. The van der Waals surface area contributed by atoms with Gasteiger partial charge in [-0.2, -0.15) is 0 Å². The minimum Gasteiger partial charge on any atom is -0.385 e. The summed E-state index contributed by atoms with van der Waals surface area (Å²) >= 11 is 0. The molecular formula is C24H36N6O4. The average Bonchev–Trinajstić information content (AvgIpc) is 3.20. The van der Waals surface area contributed by atoms with Gasteiger partial charge in [-0.1, -0.05) is 18.2 Å². The summed E-state index contributed by atoms with van der Waals surface area (Å²) in [6.45, 7) is 5.55. The molecule has 4 rings (SSSR count). The molecule has 1 aromatic rings. The summed E-state index contributed by atoms with van der Waals surface area (Å²) in [5, 5.41) is 4.27. The van der Waals surface area contributed by atoms with Crippen molar-refractivity contribution in [1.82, 2.24) is 25.4 Å². The van der Waals surface area contributed by atoms with Crippen LogP contribution in [-0.2, 0) is 19.1 Å². The van der Waals surface area contributed by atoms with Gasteiger partial charge in [-0.3, -0.25) is 19.3 Å². The molecule has 2 N–H and O–H groups in total. The molecule has 34 heavy (non-hydrogen) atoms. The first-order valence-corrected chi connectivity index (χ1v) is 12.1. The van der Waals surface area contributed by atoms with Crippen molar-refractivity contribution in [2.45, 2.75) is 12.5 Å². The van der Waals surface area contributed by atoms with E-state index in [1.54, 1.807) is 19.2 Å². The van der Waals surface area contributed by atoms with E-state index in [-0.39, 0.29) is 35.6 Å². The second kappa shape index (κ2) is 11.3. The lowest BCUT2D eigenvalue weighted by atomic mass is 9.83. The van der Waals surface area contributed by atoms with Gasteiger partial charge in [0.2, 0.25) is 17.7 Å². The summed E-state index contributed by atoms with van der Waals surface area (Å²) in [4.78, 5) is 45.0. The maximum Gasteiger partial charge on any atom is 0.247 e. The van der Waals surface area contributed by atoms with Crippen LogP contribution in [0, 0.1) is 11.8 Å². The number of nitrogens with one attached hydrogen (secondary N) is 2. The fourth-order valence-corrected chi connectivity index (χ4v) is 5.20. The van der Waals surface area contributed by atoms with Gasteiger partial charge in [0.15, 0.2) is 0 Å². The smallest absolute Gasteiger partial charge is 0.247 e. The minimum absolute atomic E-state index is 0.0147. The van der Waals surface area contributed by atoms with Gasteiger partial charge in [-0.25, -0.2) is 10.4 Å². The number of methoxy groups -OCH3 is 1. The second-order valence-corrected chi connectivity index (χ2v) is 9.26. The summed E-state index contributed by atoms with van der Waals surface area (Å²) < 4.78 is 5.21. The van der Waals surface area contributed by atoms with Crippen molar-refractivity contribution < 1.29 is 19.1 Å². The first-order valence-electron chi connectivity index (χ1n) is 12.1. The zero-order valence-electron chi connectivity index (χ0n) is 20.1. The summed E-state index contributed by atoms with van der Waals surface area (Å²) in [5.41, 5.74) is 4.17. The number of nitrogens with zero attached hydrogens (tertiary/aromatic N) is 4. The van der Waals surface area contributed by atoms with Gasteiger partial charge in [0, 0.05) is 66.6 Å². The molecule has 3 aliphatic rings. The number of hydrazine groups is 1. The number of anilines is 1. The van der Waals surface area contributed by atoms with Crippen LogP contribution < -0.4 is 15.8 Å². The molecule has 3 saturated heterocycles. The largest absolute Gasteiger partial charge is 0.385 e. The number of carbonyl (C=O) groups excluding carboxylic acids is 3. The molecule has 0 radical (unpaired) electrons. The van der Waals surface area contributed by atoms with E-state index in [9.17, 15) is 14.4 Å². The number of para-hydroxylation sites is 1. The maximum absolute atomic E-state index is 13.7. The highest BCUT2D eigenvalue weighted by molar-refractivity contribution is 5.98. The van der Waals surface area contributed by atoms with E-state index in [0.717, 1.165) is 18.7 Å². The van der Waals surface area contributed by atoms with E-state index in [1.165, 1.54) is 0 Å². The Hall–Kier alpha value is -2.53. The fraction of sp³-hybridized carbons (Fsp3) is 0.625. The predicted molar refractivity (Wildman–Crippen MR) is 128 cm³/mol. The molecule has 3 aliphatic heterocycles. The van der Waals surface area contributed by atoms with Crippen molar-refractivity contribution in [1.29, 1.82) is 0 Å². The molecule has 0 aliphatic carbocycles. The number of benzene rings is 1. The highest BCUT2D eigenvalue weighted by Gasteiger charge is 2.51. The molecule has 0 aromatic heterocycles. The summed E-state index contributed by atoms with van der Waals surface area (Å²) in [6.07, 6.45) is 0.858. The first-order chi connectivity index (χ1) is 16.5. The summed E-state index contributed by atoms with van der Waals surface area (Å²) in [6, 6.07) is 9.31. The Balaban J connectivity index is 1.47. The van der Waals surface area contributed by atoms with E-state index in [1.807, 2.05) is 35.2 Å². The van der Waals surface area contributed by atoms with Gasteiger partial charge in [0.1, 0.15) is 0 Å². The molecule has 3 heterocycles. The molecule has 0 saturated carbocycles. The van der Waals surface area contributed by atoms with Gasteiger partial charge < -0.3 is 19.9 Å². The fourth-order valence-electron chi connectivity index (χ4n) is 5.20. The van der Waals surface area contributed by atoms with Crippen molar-refractivity contribution in [2.24, 2.45) is 11.8 Å². The lowest BCUT2D eigenvalue weighted by Gasteiger charge is -2.42. The van der Waals surface area contributed by atoms with Crippen LogP contribution in [0.25, 0.3) is 0 Å². The van der Waals surface area contributed by atoms with E-state index in [0.29, 0.717) is 52.4 Å². The number of hydrogen-bond acceptors (Lipinski definition) is 7. The molecular weight excluding hydrogens is 436 g/mol. The highest BCUT2D eigenvalue weighted by atomic mass is 16.5. The molecule has 0 bridgehead atoms. The van der Waals surface area contributed by atoms with Crippen LogP contribution in [0.15, 0.2) is 30.3 Å². The number of likely N-dealkylation sites (tertiary alicyclic amines) is 1. The lowest BCUT2D eigenvalue weighted by molar-refractivity contribution is -0.141. The van der Waals surface area contributed by atoms with Crippen LogP contribution in [0.5, 0.6) is 0 Å². The number of hydrogen-bond donors (Lipinski definition) is 2. The molecule has 10 nitrogen and oxygen atoms in total. The average molecular weight is 473 g/mol. The van der Waals surface area contributed by atoms with E-state index < -0.39 is 0 Å². The van der Waals surface area contributed by atoms with E-state index in [2.05, 4.69) is 20.5 Å². The van der Waals surface area contributed by atoms with E-state index in [4.69, 9.17) is 4.74 Å². The number of fused-ring (bicyclic) bond motifs is 1. The van der Waals surface area contributed by atoms with Gasteiger partial charge in [0.05, 0.1) is 30.1 Å². The molecule has 1 aromatic carbocycles.